The molecule has 108 valence electrons. The van der Waals surface area contributed by atoms with Crippen LogP contribution in [-0.4, -0.2) is 25.7 Å². The number of amides is 1. The minimum absolute atomic E-state index is 0.0515. The zero-order chi connectivity index (χ0) is 14.0. The average Bonchev–Trinajstić information content (AvgIpc) is 2.36. The van der Waals surface area contributed by atoms with Gasteiger partial charge in [0.2, 0.25) is 5.91 Å². The van der Waals surface area contributed by atoms with Crippen LogP contribution in [0, 0.1) is 11.8 Å². The molecule has 1 N–H and O–H groups in total. The normalized spacial score (nSPS) is 16.1. The van der Waals surface area contributed by atoms with Gasteiger partial charge in [-0.15, -0.1) is 0 Å². The molecule has 0 aromatic carbocycles. The van der Waals surface area contributed by atoms with Crippen molar-refractivity contribution in [2.24, 2.45) is 11.8 Å². The topological polar surface area (TPSA) is 38.3 Å². The molecule has 0 saturated carbocycles. The molecule has 0 aliphatic carbocycles. The van der Waals surface area contributed by atoms with E-state index in [1.807, 2.05) is 7.11 Å². The molecule has 0 bridgehead atoms. The molecule has 0 rings (SSSR count). The fraction of sp³-hybridized carbons (Fsp3) is 0.933. The van der Waals surface area contributed by atoms with Crippen molar-refractivity contribution >= 4 is 5.91 Å². The van der Waals surface area contributed by atoms with Crippen molar-refractivity contribution < 1.29 is 9.53 Å². The Morgan fingerprint density at radius 1 is 1.28 bits per heavy atom. The number of carbonyl (C=O) groups excluding carboxylic acids is 1. The van der Waals surface area contributed by atoms with Gasteiger partial charge in [0, 0.05) is 20.6 Å². The maximum Gasteiger partial charge on any atom is 0.216 e. The molecule has 0 spiro atoms. The standard InChI is InChI=1S/C15H31NO2/c1-6-12(3)11-14(7-2)15(18-5)9-8-10-16-13(4)17/h12,14-15H,6-11H2,1-5H3,(H,16,17). The first kappa shape index (κ1) is 17.4. The van der Waals surface area contributed by atoms with Crippen molar-refractivity contribution in [2.75, 3.05) is 13.7 Å². The minimum atomic E-state index is 0.0515. The summed E-state index contributed by atoms with van der Waals surface area (Å²) < 4.78 is 5.64. The first-order valence-corrected chi connectivity index (χ1v) is 7.32. The molecule has 3 atom stereocenters. The van der Waals surface area contributed by atoms with Gasteiger partial charge < -0.3 is 10.1 Å². The second-order valence-electron chi connectivity index (χ2n) is 5.32. The maximum absolute atomic E-state index is 10.8. The summed E-state index contributed by atoms with van der Waals surface area (Å²) in [5, 5.41) is 2.84. The van der Waals surface area contributed by atoms with Gasteiger partial charge in [-0.05, 0) is 31.1 Å². The second kappa shape index (κ2) is 10.4. The van der Waals surface area contributed by atoms with Crippen LogP contribution in [0.25, 0.3) is 0 Å². The van der Waals surface area contributed by atoms with Gasteiger partial charge in [-0.1, -0.05) is 33.6 Å². The molecule has 0 aliphatic heterocycles. The van der Waals surface area contributed by atoms with E-state index in [0.29, 0.717) is 12.0 Å². The Morgan fingerprint density at radius 2 is 1.94 bits per heavy atom. The molecule has 18 heavy (non-hydrogen) atoms. The van der Waals surface area contributed by atoms with Gasteiger partial charge in [-0.25, -0.2) is 0 Å². The van der Waals surface area contributed by atoms with Crippen LogP contribution >= 0.6 is 0 Å². The van der Waals surface area contributed by atoms with Crippen LogP contribution in [0.2, 0.25) is 0 Å². The lowest BCUT2D eigenvalue weighted by Crippen LogP contribution is -2.27. The van der Waals surface area contributed by atoms with E-state index in [-0.39, 0.29) is 5.91 Å². The second-order valence-corrected chi connectivity index (χ2v) is 5.32. The molecule has 0 heterocycles. The third-order valence-corrected chi connectivity index (χ3v) is 3.79. The minimum Gasteiger partial charge on any atom is -0.381 e. The molecule has 0 aromatic rings. The monoisotopic (exact) mass is 257 g/mol. The quantitative estimate of drug-likeness (QED) is 0.609. The van der Waals surface area contributed by atoms with Gasteiger partial charge in [0.15, 0.2) is 0 Å². The summed E-state index contributed by atoms with van der Waals surface area (Å²) >= 11 is 0. The fourth-order valence-corrected chi connectivity index (χ4v) is 2.38. The summed E-state index contributed by atoms with van der Waals surface area (Å²) in [6, 6.07) is 0. The van der Waals surface area contributed by atoms with E-state index in [1.54, 1.807) is 6.92 Å². The number of methoxy groups -OCH3 is 1. The average molecular weight is 257 g/mol. The third-order valence-electron chi connectivity index (χ3n) is 3.79. The van der Waals surface area contributed by atoms with Crippen molar-refractivity contribution in [3.63, 3.8) is 0 Å². The summed E-state index contributed by atoms with van der Waals surface area (Å²) in [4.78, 5) is 10.8. The molecule has 0 aromatic heterocycles. The third kappa shape index (κ3) is 7.70. The van der Waals surface area contributed by atoms with Crippen LogP contribution in [-0.2, 0) is 9.53 Å². The summed E-state index contributed by atoms with van der Waals surface area (Å²) in [6.45, 7) is 9.12. The predicted octanol–water partition coefficient (Wildman–Crippen LogP) is 3.38. The lowest BCUT2D eigenvalue weighted by molar-refractivity contribution is -0.119. The van der Waals surface area contributed by atoms with E-state index in [4.69, 9.17) is 4.74 Å². The highest BCUT2D eigenvalue weighted by molar-refractivity contribution is 5.72. The largest absolute Gasteiger partial charge is 0.381 e. The molecule has 0 radical (unpaired) electrons. The Kier molecular flexibility index (Phi) is 10.0. The van der Waals surface area contributed by atoms with Crippen molar-refractivity contribution in [3.05, 3.63) is 0 Å². The number of hydrogen-bond donors (Lipinski definition) is 1. The molecular weight excluding hydrogens is 226 g/mol. The lowest BCUT2D eigenvalue weighted by Gasteiger charge is -2.27. The Balaban J connectivity index is 4.05. The van der Waals surface area contributed by atoms with Crippen molar-refractivity contribution in [2.45, 2.75) is 65.9 Å². The van der Waals surface area contributed by atoms with E-state index in [2.05, 4.69) is 26.1 Å². The van der Waals surface area contributed by atoms with Gasteiger partial charge in [0.05, 0.1) is 6.10 Å². The zero-order valence-electron chi connectivity index (χ0n) is 12.8. The highest BCUT2D eigenvalue weighted by atomic mass is 16.5. The van der Waals surface area contributed by atoms with E-state index >= 15 is 0 Å². The molecule has 0 saturated heterocycles. The summed E-state index contributed by atoms with van der Waals surface area (Å²) in [5.41, 5.74) is 0. The Bertz CT molecular complexity index is 219. The van der Waals surface area contributed by atoms with Gasteiger partial charge >= 0.3 is 0 Å². The highest BCUT2D eigenvalue weighted by Gasteiger charge is 2.20. The number of ether oxygens (including phenoxy) is 1. The smallest absolute Gasteiger partial charge is 0.216 e. The molecule has 0 fully saturated rings. The fourth-order valence-electron chi connectivity index (χ4n) is 2.38. The van der Waals surface area contributed by atoms with Crippen LogP contribution in [0.4, 0.5) is 0 Å². The lowest BCUT2D eigenvalue weighted by atomic mass is 9.86. The summed E-state index contributed by atoms with van der Waals surface area (Å²) in [7, 11) is 1.81. The molecule has 3 heteroatoms. The van der Waals surface area contributed by atoms with Gasteiger partial charge in [0.25, 0.3) is 0 Å². The maximum atomic E-state index is 10.8. The van der Waals surface area contributed by atoms with E-state index in [0.717, 1.165) is 25.3 Å². The van der Waals surface area contributed by atoms with Gasteiger partial charge in [0.1, 0.15) is 0 Å². The number of carbonyl (C=O) groups is 1. The van der Waals surface area contributed by atoms with Gasteiger partial charge in [-0.2, -0.15) is 0 Å². The van der Waals surface area contributed by atoms with Crippen molar-refractivity contribution in [1.82, 2.24) is 5.32 Å². The van der Waals surface area contributed by atoms with Crippen LogP contribution in [0.15, 0.2) is 0 Å². The first-order valence-electron chi connectivity index (χ1n) is 7.32. The highest BCUT2D eigenvalue weighted by Crippen LogP contribution is 2.25. The van der Waals surface area contributed by atoms with Crippen molar-refractivity contribution in [3.8, 4) is 0 Å². The summed E-state index contributed by atoms with van der Waals surface area (Å²) in [6.07, 6.45) is 6.01. The van der Waals surface area contributed by atoms with Crippen LogP contribution < -0.4 is 5.32 Å². The van der Waals surface area contributed by atoms with Crippen LogP contribution in [0.1, 0.15) is 59.8 Å². The van der Waals surface area contributed by atoms with Crippen LogP contribution in [0.5, 0.6) is 0 Å². The van der Waals surface area contributed by atoms with E-state index < -0.39 is 0 Å². The molecule has 0 aliphatic rings. The van der Waals surface area contributed by atoms with Gasteiger partial charge in [-0.3, -0.25) is 4.79 Å². The van der Waals surface area contributed by atoms with Crippen molar-refractivity contribution in [1.29, 1.82) is 0 Å². The Hall–Kier alpha value is -0.570. The van der Waals surface area contributed by atoms with E-state index in [9.17, 15) is 4.79 Å². The zero-order valence-corrected chi connectivity index (χ0v) is 12.8. The SMILES string of the molecule is CCC(C)CC(CC)C(CCCNC(C)=O)OC. The number of rotatable bonds is 10. The van der Waals surface area contributed by atoms with Crippen LogP contribution in [0.3, 0.4) is 0 Å². The first-order chi connectivity index (χ1) is 8.54. The number of hydrogen-bond acceptors (Lipinski definition) is 2. The predicted molar refractivity (Wildman–Crippen MR) is 76.6 cm³/mol. The molecular formula is C15H31NO2. The Morgan fingerprint density at radius 3 is 2.39 bits per heavy atom. The molecule has 3 nitrogen and oxygen atoms in total. The molecule has 1 amide bonds. The van der Waals surface area contributed by atoms with E-state index in [1.165, 1.54) is 19.3 Å². The molecule has 3 unspecified atom stereocenters. The number of nitrogens with one attached hydrogen (secondary N) is 1. The Labute approximate surface area is 113 Å². The summed E-state index contributed by atoms with van der Waals surface area (Å²) in [5.74, 6) is 1.46.